The van der Waals surface area contributed by atoms with Gasteiger partial charge in [-0.3, -0.25) is 14.5 Å². The molecule has 2 aromatic rings. The number of benzene rings is 1. The molecule has 1 unspecified atom stereocenters. The Morgan fingerprint density at radius 3 is 2.22 bits per heavy atom. The summed E-state index contributed by atoms with van der Waals surface area (Å²) in [5.74, 6) is 0.408. The van der Waals surface area contributed by atoms with Crippen LogP contribution in [0.1, 0.15) is 85.6 Å². The quantitative estimate of drug-likeness (QED) is 0.399. The lowest BCUT2D eigenvalue weighted by Crippen LogP contribution is -2.36. The van der Waals surface area contributed by atoms with E-state index in [9.17, 15) is 14.7 Å². The van der Waals surface area contributed by atoms with Crippen molar-refractivity contribution in [2.45, 2.75) is 79.8 Å². The third-order valence-corrected chi connectivity index (χ3v) is 9.65. The number of esters is 1. The van der Waals surface area contributed by atoms with Crippen LogP contribution in [0.25, 0.3) is 0 Å². The monoisotopic (exact) mass is 525 g/mol. The van der Waals surface area contributed by atoms with Gasteiger partial charge in [-0.1, -0.05) is 46.8 Å². The summed E-state index contributed by atoms with van der Waals surface area (Å²) >= 11 is 1.55. The number of methoxy groups -OCH3 is 1. The third-order valence-electron chi connectivity index (χ3n) is 8.22. The number of nitrogens with zero attached hydrogens (tertiary/aromatic N) is 1. The molecule has 0 spiro atoms. The zero-order valence-electron chi connectivity index (χ0n) is 23.4. The Kier molecular flexibility index (Phi) is 6.87. The molecule has 0 fully saturated rings. The Hall–Kier alpha value is -2.64. The minimum atomic E-state index is -0.709. The number of carbonyl (C=O) groups is 2. The average molecular weight is 526 g/mol. The summed E-state index contributed by atoms with van der Waals surface area (Å²) in [7, 11) is 1.37. The highest BCUT2D eigenvalue weighted by atomic mass is 32.1. The van der Waals surface area contributed by atoms with Crippen molar-refractivity contribution in [1.29, 1.82) is 0 Å². The summed E-state index contributed by atoms with van der Waals surface area (Å²) in [4.78, 5) is 28.9. The highest BCUT2D eigenvalue weighted by Gasteiger charge is 2.76. The molecule has 1 amide bonds. The van der Waals surface area contributed by atoms with Crippen LogP contribution in [0, 0.1) is 24.7 Å². The van der Waals surface area contributed by atoms with Crippen molar-refractivity contribution < 1.29 is 24.2 Å². The van der Waals surface area contributed by atoms with Crippen LogP contribution in [-0.4, -0.2) is 41.7 Å². The second-order valence-corrected chi connectivity index (χ2v) is 12.6. The lowest BCUT2D eigenvalue weighted by Gasteiger charge is -2.32. The molecule has 2 heterocycles. The van der Waals surface area contributed by atoms with Crippen molar-refractivity contribution in [2.75, 3.05) is 13.7 Å². The lowest BCUT2D eigenvalue weighted by atomic mass is 9.74. The fraction of sp³-hybridized carbons (Fsp3) is 0.533. The van der Waals surface area contributed by atoms with Gasteiger partial charge < -0.3 is 14.6 Å². The van der Waals surface area contributed by atoms with E-state index in [0.29, 0.717) is 4.88 Å². The summed E-state index contributed by atoms with van der Waals surface area (Å²) in [6.07, 6.45) is 1.22. The van der Waals surface area contributed by atoms with Gasteiger partial charge in [0.15, 0.2) is 0 Å². The Morgan fingerprint density at radius 2 is 1.70 bits per heavy atom. The molecule has 1 aliphatic heterocycles. The Morgan fingerprint density at radius 1 is 1.08 bits per heavy atom. The van der Waals surface area contributed by atoms with Crippen LogP contribution in [0.4, 0.5) is 0 Å². The van der Waals surface area contributed by atoms with E-state index in [1.165, 1.54) is 12.7 Å². The minimum Gasteiger partial charge on any atom is -0.491 e. The van der Waals surface area contributed by atoms with Gasteiger partial charge in [0, 0.05) is 10.3 Å². The van der Waals surface area contributed by atoms with Crippen molar-refractivity contribution >= 4 is 23.2 Å². The van der Waals surface area contributed by atoms with E-state index < -0.39 is 11.5 Å². The van der Waals surface area contributed by atoms with Gasteiger partial charge in [0.2, 0.25) is 0 Å². The van der Waals surface area contributed by atoms with Gasteiger partial charge in [-0.2, -0.15) is 0 Å². The van der Waals surface area contributed by atoms with Gasteiger partial charge in [-0.05, 0) is 67.9 Å². The molecule has 37 heavy (non-hydrogen) atoms. The molecule has 2 aliphatic rings. The van der Waals surface area contributed by atoms with Crippen LogP contribution >= 0.6 is 11.3 Å². The number of hydrogen-bond donors (Lipinski definition) is 1. The van der Waals surface area contributed by atoms with Crippen LogP contribution in [-0.2, 0) is 14.9 Å². The second kappa shape index (κ2) is 9.28. The summed E-state index contributed by atoms with van der Waals surface area (Å²) in [6.45, 7) is 16.4. The number of thiophene rings is 1. The largest absolute Gasteiger partial charge is 0.491 e. The first-order valence-electron chi connectivity index (χ1n) is 13.0. The highest BCUT2D eigenvalue weighted by Crippen LogP contribution is 2.71. The predicted molar refractivity (Wildman–Crippen MR) is 146 cm³/mol. The van der Waals surface area contributed by atoms with Gasteiger partial charge >= 0.3 is 5.97 Å². The maximum Gasteiger partial charge on any atom is 0.323 e. The van der Waals surface area contributed by atoms with E-state index in [-0.39, 0.29) is 29.3 Å². The molecule has 6 nitrogen and oxygen atoms in total. The molecule has 1 aromatic heterocycles. The number of aliphatic hydroxyl groups excluding tert-OH is 1. The van der Waals surface area contributed by atoms with Crippen LogP contribution in [0.2, 0.25) is 0 Å². The number of amides is 1. The Balaban J connectivity index is 1.56. The maximum absolute atomic E-state index is 13.3. The summed E-state index contributed by atoms with van der Waals surface area (Å²) in [5.41, 5.74) is 3.56. The lowest BCUT2D eigenvalue weighted by molar-refractivity contribution is -0.147. The number of rotatable bonds is 9. The van der Waals surface area contributed by atoms with Crippen molar-refractivity contribution in [2.24, 2.45) is 10.8 Å². The highest BCUT2D eigenvalue weighted by molar-refractivity contribution is 7.14. The minimum absolute atomic E-state index is 0.0569. The van der Waals surface area contributed by atoms with E-state index in [0.717, 1.165) is 46.0 Å². The number of aliphatic hydroxyl groups is 1. The summed E-state index contributed by atoms with van der Waals surface area (Å²) in [5, 5.41) is 10.4. The topological polar surface area (TPSA) is 75.8 Å². The van der Waals surface area contributed by atoms with Gasteiger partial charge in [0.1, 0.15) is 17.8 Å². The van der Waals surface area contributed by atoms with Crippen molar-refractivity contribution in [3.63, 3.8) is 0 Å². The fourth-order valence-electron chi connectivity index (χ4n) is 5.21. The standard InChI is InChI=1S/C30H39NO5S/c1-10-30(11-2,19-12-13-20(17(3)14-19)36-16-21(32)28(5,6)7)22-15-18(4)23(37-22)26(33)31-24-25(31)29(24,8)27(34)35-9/h12-15,21,32H,10-11,16H2,1-9H3. The number of aryl methyl sites for hydroxylation is 2. The second-order valence-electron chi connectivity index (χ2n) is 11.5. The van der Waals surface area contributed by atoms with Crippen molar-refractivity contribution in [1.82, 2.24) is 4.90 Å². The van der Waals surface area contributed by atoms with Gasteiger partial charge in [0.25, 0.3) is 5.91 Å². The first kappa shape index (κ1) is 27.4. The third kappa shape index (κ3) is 4.30. The van der Waals surface area contributed by atoms with E-state index in [1.54, 1.807) is 23.2 Å². The van der Waals surface area contributed by atoms with Crippen LogP contribution in [0.5, 0.6) is 5.75 Å². The molecule has 0 radical (unpaired) electrons. The maximum atomic E-state index is 13.3. The smallest absolute Gasteiger partial charge is 0.323 e. The molecular formula is C30H39NO5S. The SMILES string of the molecule is CCC(CC)(c1ccc(OCC(O)C(C)(C)C)c(C)c1)c1cc(C)c(C(=O)N2C3=C2C3(C)C(=O)OC)s1. The zero-order chi connectivity index (χ0) is 27.5. The first-order valence-corrected chi connectivity index (χ1v) is 13.8. The molecule has 0 saturated carbocycles. The molecule has 4 rings (SSSR count). The molecule has 1 N–H and O–H groups in total. The molecule has 0 bridgehead atoms. The number of hydrogen-bond acceptors (Lipinski definition) is 6. The van der Waals surface area contributed by atoms with E-state index in [1.807, 2.05) is 40.7 Å². The number of carbonyl (C=O) groups excluding carboxylic acids is 2. The van der Waals surface area contributed by atoms with Crippen LogP contribution in [0.3, 0.4) is 0 Å². The number of ether oxygens (including phenoxy) is 2. The van der Waals surface area contributed by atoms with Gasteiger partial charge in [-0.25, -0.2) is 0 Å². The van der Waals surface area contributed by atoms with Crippen LogP contribution < -0.4 is 4.74 Å². The van der Waals surface area contributed by atoms with Crippen molar-refractivity contribution in [3.05, 3.63) is 62.1 Å². The Bertz CT molecular complexity index is 1260. The predicted octanol–water partition coefficient (Wildman–Crippen LogP) is 6.12. The Labute approximate surface area is 224 Å². The summed E-state index contributed by atoms with van der Waals surface area (Å²) < 4.78 is 10.9. The molecular weight excluding hydrogens is 486 g/mol. The molecule has 1 aromatic carbocycles. The van der Waals surface area contributed by atoms with E-state index in [4.69, 9.17) is 9.47 Å². The van der Waals surface area contributed by atoms with Gasteiger partial charge in [-0.15, -0.1) is 11.3 Å². The van der Waals surface area contributed by atoms with Crippen molar-refractivity contribution in [3.8, 4) is 5.75 Å². The first-order chi connectivity index (χ1) is 17.3. The fourth-order valence-corrected chi connectivity index (χ4v) is 6.67. The van der Waals surface area contributed by atoms with E-state index in [2.05, 4.69) is 32.0 Å². The van der Waals surface area contributed by atoms with E-state index >= 15 is 0 Å². The number of likely N-dealkylation sites (tertiary alicyclic amines) is 1. The molecule has 7 heteroatoms. The summed E-state index contributed by atoms with van der Waals surface area (Å²) in [6, 6.07) is 8.43. The molecule has 1 atom stereocenters. The zero-order valence-corrected chi connectivity index (χ0v) is 24.3. The van der Waals surface area contributed by atoms with Crippen LogP contribution in [0.15, 0.2) is 35.7 Å². The molecule has 1 aliphatic carbocycles. The normalized spacial score (nSPS) is 16.9. The average Bonchev–Trinajstić information content (AvgIpc) is 3.71. The van der Waals surface area contributed by atoms with Gasteiger partial charge in [0.05, 0.1) is 29.5 Å². The molecule has 0 saturated heterocycles. The molecule has 200 valence electrons.